The quantitative estimate of drug-likeness (QED) is 0.837. The second-order valence-corrected chi connectivity index (χ2v) is 5.01. The average Bonchev–Trinajstić information content (AvgIpc) is 2.32. The van der Waals surface area contributed by atoms with Gasteiger partial charge in [0.15, 0.2) is 5.75 Å². The molecule has 0 fully saturated rings. The highest BCUT2D eigenvalue weighted by molar-refractivity contribution is 5.73. The summed E-state index contributed by atoms with van der Waals surface area (Å²) in [5.74, 6) is 0.258. The molecule has 5 heteroatoms. The van der Waals surface area contributed by atoms with E-state index >= 15 is 0 Å². The molecule has 1 atom stereocenters. The average molecular weight is 278 g/mol. The number of aromatic amines is 1. The van der Waals surface area contributed by atoms with Gasteiger partial charge in [-0.2, -0.15) is 0 Å². The Balaban J connectivity index is 2.73. The Kier molecular flexibility index (Phi) is 6.03. The van der Waals surface area contributed by atoms with Gasteiger partial charge in [0.2, 0.25) is 11.3 Å². The Labute approximate surface area is 119 Å². The number of aromatic nitrogens is 1. The zero-order valence-electron chi connectivity index (χ0n) is 12.4. The molecule has 20 heavy (non-hydrogen) atoms. The van der Waals surface area contributed by atoms with Crippen LogP contribution in [-0.2, 0) is 4.79 Å². The van der Waals surface area contributed by atoms with Crippen LogP contribution in [0, 0.1) is 0 Å². The highest BCUT2D eigenvalue weighted by Crippen LogP contribution is 2.07. The van der Waals surface area contributed by atoms with Crippen molar-refractivity contribution in [1.82, 2.24) is 10.3 Å². The van der Waals surface area contributed by atoms with Gasteiger partial charge in [-0.25, -0.2) is 0 Å². The molecule has 0 aliphatic heterocycles. The van der Waals surface area contributed by atoms with E-state index in [0.717, 1.165) is 0 Å². The minimum atomic E-state index is -0.138. The maximum atomic E-state index is 12.1. The van der Waals surface area contributed by atoms with Crippen molar-refractivity contribution in [1.29, 1.82) is 0 Å². The molecule has 1 heterocycles. The first-order chi connectivity index (χ1) is 9.40. The molecule has 0 aliphatic carbocycles. The Bertz CT molecular complexity index is 532. The summed E-state index contributed by atoms with van der Waals surface area (Å²) in [6.07, 6.45) is 7.41. The topological polar surface area (TPSA) is 71.2 Å². The van der Waals surface area contributed by atoms with Crippen molar-refractivity contribution in [2.45, 2.75) is 46.3 Å². The fourth-order valence-electron chi connectivity index (χ4n) is 1.75. The number of H-pyrrole nitrogens is 1. The van der Waals surface area contributed by atoms with Gasteiger partial charge in [0.05, 0.1) is 6.10 Å². The van der Waals surface area contributed by atoms with E-state index in [4.69, 9.17) is 4.74 Å². The van der Waals surface area contributed by atoms with E-state index in [0.29, 0.717) is 17.7 Å². The van der Waals surface area contributed by atoms with Crippen LogP contribution in [-0.4, -0.2) is 23.0 Å². The van der Waals surface area contributed by atoms with Crippen LogP contribution in [0.2, 0.25) is 0 Å². The lowest BCUT2D eigenvalue weighted by atomic mass is 10.2. The molecule has 1 rings (SSSR count). The van der Waals surface area contributed by atoms with Gasteiger partial charge in [0.1, 0.15) is 0 Å². The van der Waals surface area contributed by atoms with Crippen LogP contribution in [0.4, 0.5) is 0 Å². The molecule has 2 N–H and O–H groups in total. The van der Waals surface area contributed by atoms with Gasteiger partial charge in [-0.15, -0.1) is 0 Å². The molecule has 5 nitrogen and oxygen atoms in total. The van der Waals surface area contributed by atoms with Crippen LogP contribution in [0.25, 0.3) is 6.08 Å². The second-order valence-electron chi connectivity index (χ2n) is 5.01. The van der Waals surface area contributed by atoms with Crippen molar-refractivity contribution in [2.75, 3.05) is 0 Å². The maximum Gasteiger partial charge on any atom is 0.230 e. The van der Waals surface area contributed by atoms with Crippen molar-refractivity contribution in [2.24, 2.45) is 0 Å². The van der Waals surface area contributed by atoms with Gasteiger partial charge in [0, 0.05) is 30.9 Å². The van der Waals surface area contributed by atoms with Crippen molar-refractivity contribution in [3.8, 4) is 5.75 Å². The largest absolute Gasteiger partial charge is 0.485 e. The molecule has 0 saturated heterocycles. The zero-order chi connectivity index (χ0) is 15.1. The summed E-state index contributed by atoms with van der Waals surface area (Å²) in [7, 11) is 0. The number of nitrogens with one attached hydrogen (secondary N) is 2. The molecule has 0 spiro atoms. The number of carbonyl (C=O) groups excluding carboxylic acids is 1. The fraction of sp³-hybridized carbons (Fsp3) is 0.467. The summed E-state index contributed by atoms with van der Waals surface area (Å²) >= 11 is 0. The van der Waals surface area contributed by atoms with E-state index < -0.39 is 0 Å². The lowest BCUT2D eigenvalue weighted by molar-refractivity contribution is -0.119. The summed E-state index contributed by atoms with van der Waals surface area (Å²) in [5, 5.41) is 2.78. The Morgan fingerprint density at radius 2 is 2.10 bits per heavy atom. The molecule has 0 unspecified atom stereocenters. The molecule has 110 valence electrons. The third-order valence-corrected chi connectivity index (χ3v) is 2.54. The number of ether oxygens (including phenoxy) is 1. The highest BCUT2D eigenvalue weighted by atomic mass is 16.5. The monoisotopic (exact) mass is 278 g/mol. The maximum absolute atomic E-state index is 12.1. The standard InChI is InChI=1S/C15H22N2O3/c1-10(2)20-14-9-16-8-13(15(14)19)7-5-6-11(3)17-12(4)18/h5,7-11H,6H2,1-4H3,(H,16,19)(H,17,18)/b7-5+/t11-/m0/s1. The van der Waals surface area contributed by atoms with Crippen LogP contribution >= 0.6 is 0 Å². The predicted octanol–water partition coefficient (Wildman–Crippen LogP) is 2.09. The summed E-state index contributed by atoms with van der Waals surface area (Å²) in [6, 6.07) is 0.0397. The van der Waals surface area contributed by atoms with E-state index in [1.807, 2.05) is 26.8 Å². The van der Waals surface area contributed by atoms with Crippen LogP contribution in [0.15, 0.2) is 23.3 Å². The molecular formula is C15H22N2O3. The molecule has 0 aromatic carbocycles. The number of hydrogen-bond acceptors (Lipinski definition) is 3. The SMILES string of the molecule is CC(=O)N[C@@H](C)C/C=C/c1c[nH]cc(OC(C)C)c1=O. The van der Waals surface area contributed by atoms with Crippen LogP contribution in [0.5, 0.6) is 5.75 Å². The van der Waals surface area contributed by atoms with Crippen molar-refractivity contribution in [3.63, 3.8) is 0 Å². The van der Waals surface area contributed by atoms with Gasteiger partial charge in [-0.1, -0.05) is 12.2 Å². The van der Waals surface area contributed by atoms with Crippen molar-refractivity contribution >= 4 is 12.0 Å². The fourth-order valence-corrected chi connectivity index (χ4v) is 1.75. The third-order valence-electron chi connectivity index (χ3n) is 2.54. The van der Waals surface area contributed by atoms with E-state index in [2.05, 4.69) is 10.3 Å². The first-order valence-electron chi connectivity index (χ1n) is 6.71. The van der Waals surface area contributed by atoms with Gasteiger partial charge < -0.3 is 15.0 Å². The number of carbonyl (C=O) groups is 1. The van der Waals surface area contributed by atoms with Gasteiger partial charge >= 0.3 is 0 Å². The first-order valence-corrected chi connectivity index (χ1v) is 6.71. The number of rotatable bonds is 6. The number of hydrogen-bond donors (Lipinski definition) is 2. The molecule has 0 saturated carbocycles. The van der Waals surface area contributed by atoms with E-state index in [1.54, 1.807) is 18.5 Å². The molecule has 1 aromatic rings. The molecular weight excluding hydrogens is 256 g/mol. The molecule has 0 bridgehead atoms. The van der Waals surface area contributed by atoms with E-state index in [1.165, 1.54) is 6.92 Å². The van der Waals surface area contributed by atoms with Crippen LogP contribution < -0.4 is 15.5 Å². The van der Waals surface area contributed by atoms with E-state index in [-0.39, 0.29) is 23.5 Å². The molecule has 0 aliphatic rings. The van der Waals surface area contributed by atoms with Crippen molar-refractivity contribution in [3.05, 3.63) is 34.3 Å². The second kappa shape index (κ2) is 7.53. The Morgan fingerprint density at radius 3 is 2.70 bits per heavy atom. The Morgan fingerprint density at radius 1 is 1.40 bits per heavy atom. The molecule has 0 radical (unpaired) electrons. The van der Waals surface area contributed by atoms with Crippen molar-refractivity contribution < 1.29 is 9.53 Å². The van der Waals surface area contributed by atoms with Crippen LogP contribution in [0.1, 0.15) is 39.7 Å². The Hall–Kier alpha value is -2.04. The smallest absolute Gasteiger partial charge is 0.230 e. The summed E-state index contributed by atoms with van der Waals surface area (Å²) in [4.78, 5) is 25.9. The zero-order valence-corrected chi connectivity index (χ0v) is 12.4. The third kappa shape index (κ3) is 5.30. The number of pyridine rings is 1. The highest BCUT2D eigenvalue weighted by Gasteiger charge is 2.06. The van der Waals surface area contributed by atoms with Crippen LogP contribution in [0.3, 0.4) is 0 Å². The molecule has 1 aromatic heterocycles. The normalized spacial score (nSPS) is 12.7. The number of amides is 1. The summed E-state index contributed by atoms with van der Waals surface area (Å²) in [5.41, 5.74) is 0.402. The first kappa shape index (κ1) is 16.0. The molecule has 1 amide bonds. The summed E-state index contributed by atoms with van der Waals surface area (Å²) < 4.78 is 5.43. The lowest BCUT2D eigenvalue weighted by Gasteiger charge is -2.09. The minimum absolute atomic E-state index is 0.0397. The summed E-state index contributed by atoms with van der Waals surface area (Å²) in [6.45, 7) is 7.14. The predicted molar refractivity (Wildman–Crippen MR) is 79.8 cm³/mol. The van der Waals surface area contributed by atoms with Gasteiger partial charge in [0.25, 0.3) is 0 Å². The lowest BCUT2D eigenvalue weighted by Crippen LogP contribution is -2.29. The minimum Gasteiger partial charge on any atom is -0.485 e. The van der Waals surface area contributed by atoms with E-state index in [9.17, 15) is 9.59 Å². The van der Waals surface area contributed by atoms with Gasteiger partial charge in [-0.05, 0) is 27.2 Å². The van der Waals surface area contributed by atoms with Gasteiger partial charge in [-0.3, -0.25) is 9.59 Å².